The Labute approximate surface area is 118 Å². The second kappa shape index (κ2) is 5.94. The van der Waals surface area contributed by atoms with Crippen LogP contribution in [0, 0.1) is 17.8 Å². The molecule has 0 fully saturated rings. The van der Waals surface area contributed by atoms with Crippen molar-refractivity contribution in [2.75, 3.05) is 0 Å². The summed E-state index contributed by atoms with van der Waals surface area (Å²) in [5, 5.41) is 0. The highest BCUT2D eigenvalue weighted by Crippen LogP contribution is 2.36. The van der Waals surface area contributed by atoms with Gasteiger partial charge in [0, 0.05) is 18.1 Å². The Morgan fingerprint density at radius 3 is 2.80 bits per heavy atom. The molecule has 3 nitrogen and oxygen atoms in total. The average Bonchev–Trinajstić information content (AvgIpc) is 2.49. The highest BCUT2D eigenvalue weighted by Gasteiger charge is 2.29. The van der Waals surface area contributed by atoms with Gasteiger partial charge in [-0.1, -0.05) is 31.6 Å². The Kier molecular flexibility index (Phi) is 4.07. The Bertz CT molecular complexity index is 633. The van der Waals surface area contributed by atoms with Crippen molar-refractivity contribution in [3.8, 4) is 11.8 Å². The summed E-state index contributed by atoms with van der Waals surface area (Å²) >= 11 is 0. The summed E-state index contributed by atoms with van der Waals surface area (Å²) < 4.78 is 10.8. The van der Waals surface area contributed by atoms with Gasteiger partial charge >= 0.3 is 5.97 Å². The van der Waals surface area contributed by atoms with Crippen molar-refractivity contribution in [1.82, 2.24) is 0 Å². The minimum atomic E-state index is -0.484. The minimum absolute atomic E-state index is 0.113. The van der Waals surface area contributed by atoms with Crippen LogP contribution in [0.3, 0.4) is 0 Å². The van der Waals surface area contributed by atoms with Crippen molar-refractivity contribution >= 4 is 5.97 Å². The summed E-state index contributed by atoms with van der Waals surface area (Å²) in [6.07, 6.45) is 8.45. The molecule has 0 aliphatic heterocycles. The second-order valence-electron chi connectivity index (χ2n) is 4.18. The first-order valence-corrected chi connectivity index (χ1v) is 6.10. The van der Waals surface area contributed by atoms with Gasteiger partial charge in [0.25, 0.3) is 0 Å². The van der Waals surface area contributed by atoms with E-state index in [2.05, 4.69) is 31.6 Å². The average molecular weight is 266 g/mol. The number of carbonyl (C=O) groups excluding carboxylic acids is 1. The fourth-order valence-corrected chi connectivity index (χ4v) is 1.91. The van der Waals surface area contributed by atoms with Gasteiger partial charge in [0.05, 0.1) is 5.92 Å². The van der Waals surface area contributed by atoms with Crippen molar-refractivity contribution in [3.63, 3.8) is 0 Å². The fourth-order valence-electron chi connectivity index (χ4n) is 1.91. The molecule has 0 saturated heterocycles. The van der Waals surface area contributed by atoms with E-state index in [1.165, 1.54) is 6.08 Å². The highest BCUT2D eigenvalue weighted by atomic mass is 16.5. The third kappa shape index (κ3) is 2.81. The topological polar surface area (TPSA) is 35.5 Å². The predicted molar refractivity (Wildman–Crippen MR) is 76.8 cm³/mol. The molecule has 0 radical (unpaired) electrons. The van der Waals surface area contributed by atoms with Crippen LogP contribution >= 0.6 is 0 Å². The summed E-state index contributed by atoms with van der Waals surface area (Å²) in [4.78, 5) is 11.3. The summed E-state index contributed by atoms with van der Waals surface area (Å²) in [6, 6.07) is 0. The summed E-state index contributed by atoms with van der Waals surface area (Å²) in [5.74, 6) is 6.95. The summed E-state index contributed by atoms with van der Waals surface area (Å²) in [6.45, 7) is 10.7. The number of hydrogen-bond donors (Lipinski definition) is 0. The number of ether oxygens (including phenoxy) is 2. The largest absolute Gasteiger partial charge is 0.458 e. The van der Waals surface area contributed by atoms with E-state index >= 15 is 0 Å². The van der Waals surface area contributed by atoms with Gasteiger partial charge in [0.15, 0.2) is 0 Å². The van der Waals surface area contributed by atoms with E-state index in [1.807, 2.05) is 0 Å². The van der Waals surface area contributed by atoms with Gasteiger partial charge in [-0.3, -0.25) is 0 Å². The lowest BCUT2D eigenvalue weighted by Gasteiger charge is -2.26. The highest BCUT2D eigenvalue weighted by molar-refractivity contribution is 5.82. The zero-order chi connectivity index (χ0) is 14.5. The molecule has 0 aromatic rings. The molecule has 0 aromatic heterocycles. The molecule has 0 amide bonds. The van der Waals surface area contributed by atoms with E-state index in [4.69, 9.17) is 9.47 Å². The number of rotatable bonds is 5. The summed E-state index contributed by atoms with van der Waals surface area (Å²) in [7, 11) is 0. The molecule has 1 unspecified atom stereocenters. The van der Waals surface area contributed by atoms with E-state index in [-0.39, 0.29) is 5.92 Å². The molecule has 20 heavy (non-hydrogen) atoms. The molecule has 0 heterocycles. The number of fused-ring (bicyclic) bond motifs is 1. The molecular weight excluding hydrogens is 252 g/mol. The van der Waals surface area contributed by atoms with Crippen LogP contribution in [0.1, 0.15) is 6.42 Å². The van der Waals surface area contributed by atoms with Crippen molar-refractivity contribution in [3.05, 3.63) is 73.0 Å². The first-order chi connectivity index (χ1) is 9.65. The molecule has 2 aliphatic rings. The molecule has 1 atom stereocenters. The van der Waals surface area contributed by atoms with Gasteiger partial charge in [0.1, 0.15) is 17.3 Å². The van der Waals surface area contributed by atoms with Crippen molar-refractivity contribution in [1.29, 1.82) is 0 Å². The van der Waals surface area contributed by atoms with Crippen LogP contribution in [-0.2, 0) is 14.3 Å². The van der Waals surface area contributed by atoms with E-state index in [0.717, 1.165) is 11.6 Å². The van der Waals surface area contributed by atoms with Crippen molar-refractivity contribution in [2.45, 2.75) is 6.42 Å². The van der Waals surface area contributed by atoms with Gasteiger partial charge in [-0.05, 0) is 24.3 Å². The lowest BCUT2D eigenvalue weighted by atomic mass is 9.86. The first kappa shape index (κ1) is 13.7. The lowest BCUT2D eigenvalue weighted by Crippen LogP contribution is -2.19. The molecule has 0 saturated carbocycles. The first-order valence-electron chi connectivity index (χ1n) is 6.10. The van der Waals surface area contributed by atoms with Crippen LogP contribution in [-0.4, -0.2) is 5.97 Å². The zero-order valence-corrected chi connectivity index (χ0v) is 11.0. The second-order valence-corrected chi connectivity index (χ2v) is 4.18. The van der Waals surface area contributed by atoms with Gasteiger partial charge in [-0.25, -0.2) is 4.79 Å². The van der Waals surface area contributed by atoms with Crippen LogP contribution < -0.4 is 0 Å². The monoisotopic (exact) mass is 266 g/mol. The number of esters is 1. The maximum atomic E-state index is 11.3. The van der Waals surface area contributed by atoms with Crippen LogP contribution in [0.15, 0.2) is 73.0 Å². The molecule has 100 valence electrons. The standard InChI is InChI=1S/C17H14O3/c1-4-12(3)19-15-10-11-16(20-17(18)5-2)14-9-7-6-8-13(14)15/h4-5,8,10-11,14H,1-3,9H2. The van der Waals surface area contributed by atoms with E-state index in [0.29, 0.717) is 23.7 Å². The lowest BCUT2D eigenvalue weighted by molar-refractivity contribution is -0.134. The van der Waals surface area contributed by atoms with Crippen LogP contribution in [0.5, 0.6) is 0 Å². The Balaban J connectivity index is 2.30. The molecule has 0 bridgehead atoms. The molecule has 2 aliphatic carbocycles. The van der Waals surface area contributed by atoms with E-state index < -0.39 is 5.97 Å². The van der Waals surface area contributed by atoms with Gasteiger partial charge < -0.3 is 9.47 Å². The molecule has 2 rings (SSSR count). The van der Waals surface area contributed by atoms with E-state index in [1.54, 1.807) is 18.2 Å². The normalized spacial score (nSPS) is 19.0. The van der Waals surface area contributed by atoms with Crippen LogP contribution in [0.4, 0.5) is 0 Å². The van der Waals surface area contributed by atoms with Gasteiger partial charge in [-0.15, -0.1) is 0 Å². The molecule has 0 N–H and O–H groups in total. The third-order valence-electron chi connectivity index (χ3n) is 2.89. The Hall–Kier alpha value is -2.73. The van der Waals surface area contributed by atoms with Crippen LogP contribution in [0.25, 0.3) is 0 Å². The van der Waals surface area contributed by atoms with E-state index in [9.17, 15) is 4.79 Å². The number of hydrogen-bond acceptors (Lipinski definition) is 3. The Morgan fingerprint density at radius 2 is 2.10 bits per heavy atom. The van der Waals surface area contributed by atoms with Crippen LogP contribution in [0.2, 0.25) is 0 Å². The quantitative estimate of drug-likeness (QED) is 0.252. The number of allylic oxidation sites excluding steroid dienone is 6. The molecule has 3 heteroatoms. The molecule has 0 aromatic carbocycles. The minimum Gasteiger partial charge on any atom is -0.458 e. The van der Waals surface area contributed by atoms with Crippen molar-refractivity contribution in [2.24, 2.45) is 5.92 Å². The maximum Gasteiger partial charge on any atom is 0.335 e. The smallest absolute Gasteiger partial charge is 0.335 e. The maximum absolute atomic E-state index is 11.3. The van der Waals surface area contributed by atoms with Gasteiger partial charge in [-0.2, -0.15) is 0 Å². The Morgan fingerprint density at radius 1 is 1.30 bits per heavy atom. The zero-order valence-electron chi connectivity index (χ0n) is 11.0. The molecular formula is C17H14O3. The summed E-state index contributed by atoms with van der Waals surface area (Å²) in [5.41, 5.74) is 0.876. The fraction of sp³-hybridized carbons (Fsp3) is 0.118. The SMILES string of the molecule is C=CC(=C)OC1=CC=C(OC(=O)C=C)C2CC#CC=C12. The van der Waals surface area contributed by atoms with Gasteiger partial charge in [0.2, 0.25) is 0 Å². The van der Waals surface area contributed by atoms with Crippen molar-refractivity contribution < 1.29 is 14.3 Å². The molecule has 0 spiro atoms. The predicted octanol–water partition coefficient (Wildman–Crippen LogP) is 3.16. The number of carbonyl (C=O) groups is 1. The third-order valence-corrected chi connectivity index (χ3v) is 2.89.